The second-order valence-electron chi connectivity index (χ2n) is 4.58. The summed E-state index contributed by atoms with van der Waals surface area (Å²) in [6.45, 7) is 2.65. The van der Waals surface area contributed by atoms with Gasteiger partial charge >= 0.3 is 0 Å². The first-order chi connectivity index (χ1) is 9.06. The second kappa shape index (κ2) is 8.12. The molecular weight excluding hydrogens is 262 g/mol. The molecule has 108 valence electrons. The molecule has 0 saturated heterocycles. The van der Waals surface area contributed by atoms with Gasteiger partial charge in [0.15, 0.2) is 0 Å². The van der Waals surface area contributed by atoms with Crippen LogP contribution >= 0.6 is 0 Å². The van der Waals surface area contributed by atoms with Gasteiger partial charge < -0.3 is 5.73 Å². The number of aromatic nitrogens is 1. The van der Waals surface area contributed by atoms with Gasteiger partial charge in [-0.2, -0.15) is 0 Å². The van der Waals surface area contributed by atoms with Gasteiger partial charge in [-0.1, -0.05) is 39.0 Å². The van der Waals surface area contributed by atoms with Crippen molar-refractivity contribution in [3.05, 3.63) is 18.3 Å². The van der Waals surface area contributed by atoms with E-state index in [1.54, 1.807) is 0 Å². The van der Waals surface area contributed by atoms with Gasteiger partial charge in [0.1, 0.15) is 10.7 Å². The third kappa shape index (κ3) is 6.02. The summed E-state index contributed by atoms with van der Waals surface area (Å²) in [5.74, 6) is 0.315. The molecule has 0 aliphatic heterocycles. The molecule has 0 fully saturated rings. The lowest BCUT2D eigenvalue weighted by molar-refractivity contribution is 0.567. The molecule has 0 radical (unpaired) electrons. The maximum atomic E-state index is 11.9. The summed E-state index contributed by atoms with van der Waals surface area (Å²) < 4.78 is 26.4. The number of nitrogens with zero attached hydrogens (tertiary/aromatic N) is 1. The number of anilines is 1. The van der Waals surface area contributed by atoms with Crippen molar-refractivity contribution in [1.82, 2.24) is 9.71 Å². The Kier molecular flexibility index (Phi) is 6.80. The van der Waals surface area contributed by atoms with E-state index in [1.165, 1.54) is 44.0 Å². The highest BCUT2D eigenvalue weighted by molar-refractivity contribution is 7.89. The Hall–Kier alpha value is -1.14. The summed E-state index contributed by atoms with van der Waals surface area (Å²) in [6, 6.07) is 2.95. The van der Waals surface area contributed by atoms with Crippen molar-refractivity contribution in [3.63, 3.8) is 0 Å². The van der Waals surface area contributed by atoms with Crippen LogP contribution in [-0.4, -0.2) is 19.9 Å². The molecule has 6 heteroatoms. The first-order valence-electron chi connectivity index (χ1n) is 6.77. The third-order valence-corrected chi connectivity index (χ3v) is 4.34. The normalized spacial score (nSPS) is 11.6. The highest BCUT2D eigenvalue weighted by Crippen LogP contribution is 2.09. The van der Waals surface area contributed by atoms with Crippen LogP contribution in [0.15, 0.2) is 23.2 Å². The van der Waals surface area contributed by atoms with Crippen LogP contribution in [0.25, 0.3) is 0 Å². The van der Waals surface area contributed by atoms with Crippen molar-refractivity contribution >= 4 is 15.8 Å². The topological polar surface area (TPSA) is 85.1 Å². The summed E-state index contributed by atoms with van der Waals surface area (Å²) in [5, 5.41) is 0. The predicted molar refractivity (Wildman–Crippen MR) is 77.2 cm³/mol. The summed E-state index contributed by atoms with van der Waals surface area (Å²) >= 11 is 0. The van der Waals surface area contributed by atoms with Crippen LogP contribution in [0.5, 0.6) is 0 Å². The van der Waals surface area contributed by atoms with Gasteiger partial charge in [-0.05, 0) is 18.6 Å². The summed E-state index contributed by atoms with van der Waals surface area (Å²) in [5.41, 5.74) is 5.42. The van der Waals surface area contributed by atoms with E-state index in [0.29, 0.717) is 12.4 Å². The fourth-order valence-corrected chi connectivity index (χ4v) is 2.76. The van der Waals surface area contributed by atoms with E-state index < -0.39 is 10.0 Å². The molecule has 0 unspecified atom stereocenters. The molecule has 0 aliphatic carbocycles. The molecule has 0 atom stereocenters. The van der Waals surface area contributed by atoms with E-state index in [1.807, 2.05) is 0 Å². The fourth-order valence-electron chi connectivity index (χ4n) is 1.75. The maximum Gasteiger partial charge on any atom is 0.242 e. The zero-order valence-corrected chi connectivity index (χ0v) is 12.2. The average molecular weight is 285 g/mol. The lowest BCUT2D eigenvalue weighted by atomic mass is 10.1. The summed E-state index contributed by atoms with van der Waals surface area (Å²) in [4.78, 5) is 3.94. The van der Waals surface area contributed by atoms with Crippen molar-refractivity contribution in [2.24, 2.45) is 0 Å². The SMILES string of the molecule is CCCCCCCCNS(=O)(=O)c1ccc(N)nc1. The molecule has 0 spiro atoms. The largest absolute Gasteiger partial charge is 0.384 e. The molecule has 0 bridgehead atoms. The quantitative estimate of drug-likeness (QED) is 0.682. The van der Waals surface area contributed by atoms with Crippen molar-refractivity contribution in [1.29, 1.82) is 0 Å². The van der Waals surface area contributed by atoms with Crippen LogP contribution in [0.2, 0.25) is 0 Å². The molecule has 1 aromatic rings. The van der Waals surface area contributed by atoms with Crippen molar-refractivity contribution in [2.45, 2.75) is 50.3 Å². The highest BCUT2D eigenvalue weighted by atomic mass is 32.2. The highest BCUT2D eigenvalue weighted by Gasteiger charge is 2.13. The Morgan fingerprint density at radius 3 is 2.47 bits per heavy atom. The Bertz CT molecular complexity index is 457. The molecule has 5 nitrogen and oxygen atoms in total. The van der Waals surface area contributed by atoms with Crippen LogP contribution < -0.4 is 10.5 Å². The number of sulfonamides is 1. The third-order valence-electron chi connectivity index (χ3n) is 2.89. The molecular formula is C13H23N3O2S. The Morgan fingerprint density at radius 2 is 1.84 bits per heavy atom. The van der Waals surface area contributed by atoms with Crippen LogP contribution in [-0.2, 0) is 10.0 Å². The van der Waals surface area contributed by atoms with Crippen molar-refractivity contribution in [2.75, 3.05) is 12.3 Å². The molecule has 0 aliphatic rings. The molecule has 1 heterocycles. The lowest BCUT2D eigenvalue weighted by Gasteiger charge is -2.06. The van der Waals surface area contributed by atoms with Gasteiger partial charge in [-0.15, -0.1) is 0 Å². The first kappa shape index (κ1) is 15.9. The minimum absolute atomic E-state index is 0.160. The first-order valence-corrected chi connectivity index (χ1v) is 8.26. The molecule has 3 N–H and O–H groups in total. The van der Waals surface area contributed by atoms with Gasteiger partial charge in [-0.3, -0.25) is 0 Å². The number of nitrogens with one attached hydrogen (secondary N) is 1. The average Bonchev–Trinajstić information content (AvgIpc) is 2.38. The number of unbranched alkanes of at least 4 members (excludes halogenated alkanes) is 5. The molecule has 1 aromatic heterocycles. The number of rotatable bonds is 9. The van der Waals surface area contributed by atoms with Crippen LogP contribution in [0, 0.1) is 0 Å². The number of pyridine rings is 1. The molecule has 0 amide bonds. The van der Waals surface area contributed by atoms with Crippen molar-refractivity contribution in [3.8, 4) is 0 Å². The predicted octanol–water partition coefficient (Wildman–Crippen LogP) is 2.30. The van der Waals surface area contributed by atoms with E-state index in [2.05, 4.69) is 16.6 Å². The van der Waals surface area contributed by atoms with E-state index >= 15 is 0 Å². The van der Waals surface area contributed by atoms with Gasteiger partial charge in [0.2, 0.25) is 10.0 Å². The monoisotopic (exact) mass is 285 g/mol. The van der Waals surface area contributed by atoms with E-state index in [0.717, 1.165) is 12.8 Å². The molecule has 19 heavy (non-hydrogen) atoms. The lowest BCUT2D eigenvalue weighted by Crippen LogP contribution is -2.24. The summed E-state index contributed by atoms with van der Waals surface area (Å²) in [6.07, 6.45) is 8.07. The van der Waals surface area contributed by atoms with Gasteiger partial charge in [0.25, 0.3) is 0 Å². The van der Waals surface area contributed by atoms with E-state index in [9.17, 15) is 8.42 Å². The Balaban J connectivity index is 2.29. The zero-order chi connectivity index (χ0) is 14.1. The van der Waals surface area contributed by atoms with Crippen molar-refractivity contribution < 1.29 is 8.42 Å². The van der Waals surface area contributed by atoms with E-state index in [4.69, 9.17) is 5.73 Å². The zero-order valence-electron chi connectivity index (χ0n) is 11.4. The number of hydrogen-bond donors (Lipinski definition) is 2. The standard InChI is InChI=1S/C13H23N3O2S/c1-2-3-4-5-6-7-10-16-19(17,18)12-8-9-13(14)15-11-12/h8-9,11,16H,2-7,10H2,1H3,(H2,14,15). The van der Waals surface area contributed by atoms with Gasteiger partial charge in [-0.25, -0.2) is 18.1 Å². The Morgan fingerprint density at radius 1 is 1.16 bits per heavy atom. The summed E-state index contributed by atoms with van der Waals surface area (Å²) in [7, 11) is -3.44. The minimum Gasteiger partial charge on any atom is -0.384 e. The Labute approximate surface area is 115 Å². The van der Waals surface area contributed by atoms with Crippen LogP contribution in [0.4, 0.5) is 5.82 Å². The smallest absolute Gasteiger partial charge is 0.242 e. The molecule has 1 rings (SSSR count). The molecule has 0 saturated carbocycles. The van der Waals surface area contributed by atoms with E-state index in [-0.39, 0.29) is 4.90 Å². The number of nitrogens with two attached hydrogens (primary N) is 1. The number of nitrogen functional groups attached to an aromatic ring is 1. The maximum absolute atomic E-state index is 11.9. The van der Waals surface area contributed by atoms with Crippen LogP contribution in [0.1, 0.15) is 45.4 Å². The minimum atomic E-state index is -3.44. The number of hydrogen-bond acceptors (Lipinski definition) is 4. The van der Waals surface area contributed by atoms with Gasteiger partial charge in [0.05, 0.1) is 0 Å². The fraction of sp³-hybridized carbons (Fsp3) is 0.615. The molecule has 0 aromatic carbocycles. The van der Waals surface area contributed by atoms with Gasteiger partial charge in [0, 0.05) is 12.7 Å². The van der Waals surface area contributed by atoms with Crippen LogP contribution in [0.3, 0.4) is 0 Å². The second-order valence-corrected chi connectivity index (χ2v) is 6.35.